The maximum Gasteiger partial charge on any atom is 0.275 e. The number of nitrogens with two attached hydrogens (primary N) is 1. The van der Waals surface area contributed by atoms with E-state index in [-0.39, 0.29) is 25.4 Å². The van der Waals surface area contributed by atoms with Crippen LogP contribution >= 0.6 is 0 Å². The van der Waals surface area contributed by atoms with E-state index in [0.717, 1.165) is 24.1 Å². The fourth-order valence-electron chi connectivity index (χ4n) is 3.22. The van der Waals surface area contributed by atoms with Crippen LogP contribution in [0, 0.1) is 5.82 Å². The van der Waals surface area contributed by atoms with Gasteiger partial charge in [-0.2, -0.15) is 5.10 Å². The van der Waals surface area contributed by atoms with Crippen LogP contribution in [-0.4, -0.2) is 53.3 Å². The Balaban J connectivity index is 2.00. The Labute approximate surface area is 150 Å². The highest BCUT2D eigenvalue weighted by molar-refractivity contribution is 5.96. The van der Waals surface area contributed by atoms with Gasteiger partial charge in [-0.15, -0.1) is 0 Å². The summed E-state index contributed by atoms with van der Waals surface area (Å²) < 4.78 is 20.7. The van der Waals surface area contributed by atoms with E-state index in [0.29, 0.717) is 12.1 Å². The highest BCUT2D eigenvalue weighted by Gasteiger charge is 2.30. The van der Waals surface area contributed by atoms with Gasteiger partial charge in [0.05, 0.1) is 13.2 Å². The number of hydrogen-bond acceptors (Lipinski definition) is 4. The second-order valence-electron chi connectivity index (χ2n) is 6.18. The summed E-state index contributed by atoms with van der Waals surface area (Å²) in [5, 5.41) is 4.39. The average molecular weight is 360 g/mol. The summed E-state index contributed by atoms with van der Waals surface area (Å²) in [5.74, 6) is -1.41. The monoisotopic (exact) mass is 360 g/mol. The van der Waals surface area contributed by atoms with Crippen LogP contribution in [0.2, 0.25) is 0 Å². The summed E-state index contributed by atoms with van der Waals surface area (Å²) in [6.07, 6.45) is 2.28. The molecule has 1 aliphatic rings. The van der Waals surface area contributed by atoms with Gasteiger partial charge in [0.2, 0.25) is 5.91 Å². The number of ether oxygens (including phenoxy) is 1. The van der Waals surface area contributed by atoms with E-state index in [9.17, 15) is 14.0 Å². The Bertz CT molecular complexity index is 834. The number of amides is 2. The molecule has 3 rings (SSSR count). The van der Waals surface area contributed by atoms with Gasteiger partial charge in [-0.3, -0.25) is 9.59 Å². The molecule has 2 amide bonds. The van der Waals surface area contributed by atoms with Gasteiger partial charge in [0.25, 0.3) is 5.91 Å². The maximum atomic E-state index is 14.2. The number of benzene rings is 1. The first-order valence-electron chi connectivity index (χ1n) is 8.45. The molecule has 0 unspecified atom stereocenters. The van der Waals surface area contributed by atoms with Crippen molar-refractivity contribution in [3.63, 3.8) is 0 Å². The molecular formula is C18H21FN4O3. The molecule has 1 aliphatic carbocycles. The third-order valence-corrected chi connectivity index (χ3v) is 4.41. The fourth-order valence-corrected chi connectivity index (χ4v) is 3.22. The van der Waals surface area contributed by atoms with E-state index in [1.807, 2.05) is 0 Å². The second kappa shape index (κ2) is 7.65. The molecular weight excluding hydrogens is 339 g/mol. The molecule has 2 N–H and O–H groups in total. The number of carbonyl (C=O) groups excluding carboxylic acids is 2. The van der Waals surface area contributed by atoms with Crippen LogP contribution in [0.5, 0.6) is 0 Å². The maximum absolute atomic E-state index is 14.2. The summed E-state index contributed by atoms with van der Waals surface area (Å²) in [7, 11) is 1.51. The van der Waals surface area contributed by atoms with Crippen molar-refractivity contribution < 1.29 is 18.7 Å². The fraction of sp³-hybridized carbons (Fsp3) is 0.389. The SMILES string of the molecule is COCCN(CC(N)=O)C(=O)c1nn(-c2ccccc2F)c2c1CCC2. The zero-order valence-corrected chi connectivity index (χ0v) is 14.6. The molecule has 0 saturated heterocycles. The lowest BCUT2D eigenvalue weighted by atomic mass is 10.2. The van der Waals surface area contributed by atoms with Crippen LogP contribution < -0.4 is 5.73 Å². The van der Waals surface area contributed by atoms with E-state index in [1.54, 1.807) is 18.2 Å². The van der Waals surface area contributed by atoms with Crippen LogP contribution in [0.15, 0.2) is 24.3 Å². The molecule has 1 aromatic heterocycles. The summed E-state index contributed by atoms with van der Waals surface area (Å²) in [5.41, 5.74) is 7.47. The summed E-state index contributed by atoms with van der Waals surface area (Å²) >= 11 is 0. The topological polar surface area (TPSA) is 90.4 Å². The Hall–Kier alpha value is -2.74. The summed E-state index contributed by atoms with van der Waals surface area (Å²) in [6, 6.07) is 6.31. The van der Waals surface area contributed by atoms with E-state index in [4.69, 9.17) is 10.5 Å². The van der Waals surface area contributed by atoms with Crippen LogP contribution in [0.1, 0.15) is 28.2 Å². The molecule has 1 heterocycles. The number of rotatable bonds is 7. The molecule has 138 valence electrons. The lowest BCUT2D eigenvalue weighted by molar-refractivity contribution is -0.118. The van der Waals surface area contributed by atoms with Crippen LogP contribution in [0.25, 0.3) is 5.69 Å². The third-order valence-electron chi connectivity index (χ3n) is 4.41. The van der Waals surface area contributed by atoms with Crippen LogP contribution in [-0.2, 0) is 22.4 Å². The number of aromatic nitrogens is 2. The van der Waals surface area contributed by atoms with Crippen molar-refractivity contribution in [2.75, 3.05) is 26.8 Å². The minimum absolute atomic E-state index is 0.219. The zero-order chi connectivity index (χ0) is 18.7. The smallest absolute Gasteiger partial charge is 0.275 e. The molecule has 26 heavy (non-hydrogen) atoms. The third kappa shape index (κ3) is 3.45. The van der Waals surface area contributed by atoms with Gasteiger partial charge in [0.15, 0.2) is 5.69 Å². The number of fused-ring (bicyclic) bond motifs is 1. The molecule has 0 aliphatic heterocycles. The molecule has 2 aromatic rings. The molecule has 0 fully saturated rings. The molecule has 0 saturated carbocycles. The number of nitrogens with zero attached hydrogens (tertiary/aromatic N) is 3. The number of carbonyl (C=O) groups is 2. The molecule has 0 spiro atoms. The largest absolute Gasteiger partial charge is 0.383 e. The van der Waals surface area contributed by atoms with Gasteiger partial charge < -0.3 is 15.4 Å². The van der Waals surface area contributed by atoms with Crippen molar-refractivity contribution in [2.24, 2.45) is 5.73 Å². The van der Waals surface area contributed by atoms with Gasteiger partial charge in [-0.1, -0.05) is 12.1 Å². The Kier molecular flexibility index (Phi) is 5.32. The van der Waals surface area contributed by atoms with Crippen molar-refractivity contribution in [3.8, 4) is 5.69 Å². The number of hydrogen-bond donors (Lipinski definition) is 1. The highest BCUT2D eigenvalue weighted by atomic mass is 19.1. The predicted octanol–water partition coefficient (Wildman–Crippen LogP) is 1.07. The molecule has 1 aromatic carbocycles. The van der Waals surface area contributed by atoms with Gasteiger partial charge in [0.1, 0.15) is 11.5 Å². The first-order chi connectivity index (χ1) is 12.5. The lowest BCUT2D eigenvalue weighted by Crippen LogP contribution is -2.40. The zero-order valence-electron chi connectivity index (χ0n) is 14.6. The normalized spacial score (nSPS) is 12.8. The van der Waals surface area contributed by atoms with Crippen molar-refractivity contribution >= 4 is 11.8 Å². The van der Waals surface area contributed by atoms with Crippen molar-refractivity contribution in [3.05, 3.63) is 47.0 Å². The highest BCUT2D eigenvalue weighted by Crippen LogP contribution is 2.29. The molecule has 0 radical (unpaired) electrons. The molecule has 7 nitrogen and oxygen atoms in total. The Morgan fingerprint density at radius 3 is 2.81 bits per heavy atom. The standard InChI is InChI=1S/C18H21FN4O3/c1-26-10-9-22(11-16(20)24)18(25)17-12-5-4-8-14(12)23(21-17)15-7-3-2-6-13(15)19/h2-3,6-7H,4-5,8-11H2,1H3,(H2,20,24). The minimum atomic E-state index is -0.611. The molecule has 0 atom stereocenters. The van der Waals surface area contributed by atoms with Gasteiger partial charge in [-0.05, 0) is 31.4 Å². The molecule has 8 heteroatoms. The second-order valence-corrected chi connectivity index (χ2v) is 6.18. The number of halogens is 1. The number of primary amides is 1. The van der Waals surface area contributed by atoms with E-state index in [1.165, 1.54) is 22.8 Å². The Morgan fingerprint density at radius 1 is 1.35 bits per heavy atom. The number of para-hydroxylation sites is 1. The summed E-state index contributed by atoms with van der Waals surface area (Å²) in [4.78, 5) is 25.6. The van der Waals surface area contributed by atoms with E-state index in [2.05, 4.69) is 5.10 Å². The van der Waals surface area contributed by atoms with Gasteiger partial charge in [-0.25, -0.2) is 9.07 Å². The van der Waals surface area contributed by atoms with E-state index < -0.39 is 17.6 Å². The lowest BCUT2D eigenvalue weighted by Gasteiger charge is -2.20. The Morgan fingerprint density at radius 2 is 2.12 bits per heavy atom. The van der Waals surface area contributed by atoms with E-state index >= 15 is 0 Å². The van der Waals surface area contributed by atoms with Crippen molar-refractivity contribution in [2.45, 2.75) is 19.3 Å². The summed E-state index contributed by atoms with van der Waals surface area (Å²) in [6.45, 7) is 0.276. The van der Waals surface area contributed by atoms with Crippen molar-refractivity contribution in [1.82, 2.24) is 14.7 Å². The first-order valence-corrected chi connectivity index (χ1v) is 8.45. The number of methoxy groups -OCH3 is 1. The quantitative estimate of drug-likeness (QED) is 0.800. The van der Waals surface area contributed by atoms with Gasteiger partial charge >= 0.3 is 0 Å². The first kappa shape index (κ1) is 18.1. The van der Waals surface area contributed by atoms with Crippen LogP contribution in [0.4, 0.5) is 4.39 Å². The van der Waals surface area contributed by atoms with Gasteiger partial charge in [0, 0.05) is 24.9 Å². The predicted molar refractivity (Wildman–Crippen MR) is 92.5 cm³/mol. The van der Waals surface area contributed by atoms with Crippen molar-refractivity contribution in [1.29, 1.82) is 0 Å². The average Bonchev–Trinajstić information content (AvgIpc) is 3.21. The minimum Gasteiger partial charge on any atom is -0.383 e. The van der Waals surface area contributed by atoms with Crippen LogP contribution in [0.3, 0.4) is 0 Å². The molecule has 0 bridgehead atoms.